The fourth-order valence-electron chi connectivity index (χ4n) is 2.09. The molecule has 0 saturated heterocycles. The molecule has 3 nitrogen and oxygen atoms in total. The molecule has 0 aliphatic heterocycles. The molecule has 0 aromatic heterocycles. The molecule has 0 atom stereocenters. The monoisotopic (exact) mass is 330 g/mol. The Morgan fingerprint density at radius 3 is 1.96 bits per heavy atom. The Bertz CT molecular complexity index is 665. The van der Waals surface area contributed by atoms with Crippen molar-refractivity contribution in [2.75, 3.05) is 0 Å². The average Bonchev–Trinajstić information content (AvgIpc) is 2.59. The van der Waals surface area contributed by atoms with Crippen LogP contribution in [0.5, 0.6) is 5.75 Å². The lowest BCUT2D eigenvalue weighted by molar-refractivity contribution is -0.0498. The van der Waals surface area contributed by atoms with E-state index in [0.29, 0.717) is 0 Å². The summed E-state index contributed by atoms with van der Waals surface area (Å²) >= 11 is 0. The molecule has 24 heavy (non-hydrogen) atoms. The van der Waals surface area contributed by atoms with Gasteiger partial charge in [0.2, 0.25) is 0 Å². The van der Waals surface area contributed by atoms with Crippen LogP contribution in [0.3, 0.4) is 0 Å². The van der Waals surface area contributed by atoms with Crippen LogP contribution in [0.1, 0.15) is 36.5 Å². The third-order valence-electron chi connectivity index (χ3n) is 3.38. The fourth-order valence-corrected chi connectivity index (χ4v) is 2.09. The Morgan fingerprint density at radius 1 is 0.917 bits per heavy atom. The third-order valence-corrected chi connectivity index (χ3v) is 3.38. The van der Waals surface area contributed by atoms with Gasteiger partial charge in [-0.3, -0.25) is 0 Å². The lowest BCUT2D eigenvalue weighted by Gasteiger charge is -2.03. The summed E-state index contributed by atoms with van der Waals surface area (Å²) in [6, 6.07) is 14.4. The smallest absolute Gasteiger partial charge is 0.387 e. The molecule has 2 rings (SSSR count). The van der Waals surface area contributed by atoms with E-state index in [0.717, 1.165) is 17.5 Å². The van der Waals surface area contributed by atoms with Crippen molar-refractivity contribution in [3.8, 4) is 5.75 Å². The van der Waals surface area contributed by atoms with E-state index >= 15 is 0 Å². The first kappa shape index (κ1) is 17.8. The lowest BCUT2D eigenvalue weighted by Crippen LogP contribution is -2.01. The van der Waals surface area contributed by atoms with Gasteiger partial charge in [0.1, 0.15) is 5.75 Å². The van der Waals surface area contributed by atoms with Gasteiger partial charge in [-0.25, -0.2) is 0 Å². The molecule has 0 amide bonds. The van der Waals surface area contributed by atoms with Gasteiger partial charge in [0.05, 0.1) is 12.4 Å². The van der Waals surface area contributed by atoms with Gasteiger partial charge in [-0.2, -0.15) is 19.0 Å². The molecule has 126 valence electrons. The Kier molecular flexibility index (Phi) is 7.08. The predicted octanol–water partition coefficient (Wildman–Crippen LogP) is 5.08. The number of halogens is 2. The van der Waals surface area contributed by atoms with Gasteiger partial charge < -0.3 is 4.74 Å². The number of ether oxygens (including phenoxy) is 1. The molecular formula is C19H20F2N2O. The van der Waals surface area contributed by atoms with Crippen LogP contribution in [0.4, 0.5) is 8.78 Å². The van der Waals surface area contributed by atoms with E-state index in [2.05, 4.69) is 34.0 Å². The molecule has 0 spiro atoms. The molecule has 0 fully saturated rings. The summed E-state index contributed by atoms with van der Waals surface area (Å²) in [6.07, 6.45) is 6.70. The standard InChI is InChI=1S/C19H20F2N2O/c1-2-3-4-15-5-7-16(8-6-15)13-22-23-14-17-9-11-18(12-10-17)24-19(20)21/h5-14,19H,2-4H2,1H3/b22-13+,23-14+. The van der Waals surface area contributed by atoms with Crippen LogP contribution < -0.4 is 4.74 Å². The molecule has 0 aliphatic rings. The van der Waals surface area contributed by atoms with Crippen LogP contribution in [0.15, 0.2) is 58.7 Å². The number of nitrogens with zero attached hydrogens (tertiary/aromatic N) is 2. The van der Waals surface area contributed by atoms with E-state index in [1.807, 2.05) is 12.1 Å². The molecule has 2 aromatic carbocycles. The second-order valence-electron chi connectivity index (χ2n) is 5.28. The summed E-state index contributed by atoms with van der Waals surface area (Å²) in [4.78, 5) is 0. The highest BCUT2D eigenvalue weighted by atomic mass is 19.3. The van der Waals surface area contributed by atoms with Crippen LogP contribution in [0.2, 0.25) is 0 Å². The Hall–Kier alpha value is -2.56. The lowest BCUT2D eigenvalue weighted by atomic mass is 10.1. The number of benzene rings is 2. The zero-order valence-electron chi connectivity index (χ0n) is 13.5. The van der Waals surface area contributed by atoms with Gasteiger partial charge in [-0.15, -0.1) is 0 Å². The van der Waals surface area contributed by atoms with Crippen molar-refractivity contribution in [2.45, 2.75) is 32.8 Å². The number of aryl methyl sites for hydroxylation is 1. The van der Waals surface area contributed by atoms with Gasteiger partial charge in [0.25, 0.3) is 0 Å². The molecule has 0 radical (unpaired) electrons. The topological polar surface area (TPSA) is 34.0 Å². The maximum atomic E-state index is 12.0. The maximum Gasteiger partial charge on any atom is 0.387 e. The van der Waals surface area contributed by atoms with Gasteiger partial charge in [0, 0.05) is 0 Å². The van der Waals surface area contributed by atoms with Crippen LogP contribution in [-0.2, 0) is 6.42 Å². The largest absolute Gasteiger partial charge is 0.435 e. The first-order valence-corrected chi connectivity index (χ1v) is 7.87. The van der Waals surface area contributed by atoms with Crippen molar-refractivity contribution in [2.24, 2.45) is 10.2 Å². The first-order valence-electron chi connectivity index (χ1n) is 7.87. The molecule has 0 N–H and O–H groups in total. The van der Waals surface area contributed by atoms with E-state index in [1.54, 1.807) is 24.6 Å². The van der Waals surface area contributed by atoms with Crippen molar-refractivity contribution in [3.63, 3.8) is 0 Å². The molecular weight excluding hydrogens is 310 g/mol. The fraction of sp³-hybridized carbons (Fsp3) is 0.263. The molecule has 5 heteroatoms. The zero-order valence-corrected chi connectivity index (χ0v) is 13.5. The Balaban J connectivity index is 1.87. The second kappa shape index (κ2) is 9.55. The summed E-state index contributed by atoms with van der Waals surface area (Å²) in [7, 11) is 0. The van der Waals surface area contributed by atoms with Crippen molar-refractivity contribution < 1.29 is 13.5 Å². The maximum absolute atomic E-state index is 12.0. The van der Waals surface area contributed by atoms with Gasteiger partial charge in [0.15, 0.2) is 0 Å². The minimum atomic E-state index is -2.82. The van der Waals surface area contributed by atoms with Gasteiger partial charge in [-0.05, 0) is 53.8 Å². The van der Waals surface area contributed by atoms with Crippen LogP contribution in [-0.4, -0.2) is 19.0 Å². The molecule has 0 saturated carbocycles. The van der Waals surface area contributed by atoms with Crippen molar-refractivity contribution >= 4 is 12.4 Å². The normalized spacial score (nSPS) is 11.7. The predicted molar refractivity (Wildman–Crippen MR) is 93.3 cm³/mol. The zero-order chi connectivity index (χ0) is 17.2. The molecule has 0 unspecified atom stereocenters. The summed E-state index contributed by atoms with van der Waals surface area (Å²) in [6.45, 7) is -0.638. The van der Waals surface area contributed by atoms with Gasteiger partial charge >= 0.3 is 6.61 Å². The van der Waals surface area contributed by atoms with E-state index in [4.69, 9.17) is 0 Å². The highest BCUT2D eigenvalue weighted by molar-refractivity contribution is 5.82. The van der Waals surface area contributed by atoms with E-state index < -0.39 is 6.61 Å². The Labute approximate surface area is 140 Å². The molecule has 0 bridgehead atoms. The Morgan fingerprint density at radius 2 is 1.46 bits per heavy atom. The summed E-state index contributed by atoms with van der Waals surface area (Å²) < 4.78 is 28.4. The first-order chi connectivity index (χ1) is 11.7. The van der Waals surface area contributed by atoms with Crippen molar-refractivity contribution in [1.82, 2.24) is 0 Å². The van der Waals surface area contributed by atoms with Crippen LogP contribution in [0.25, 0.3) is 0 Å². The van der Waals surface area contributed by atoms with Crippen LogP contribution in [0, 0.1) is 0 Å². The molecule has 0 aliphatic carbocycles. The summed E-state index contributed by atoms with van der Waals surface area (Å²) in [5.74, 6) is 0.119. The highest BCUT2D eigenvalue weighted by Gasteiger charge is 2.02. The van der Waals surface area contributed by atoms with Crippen molar-refractivity contribution in [1.29, 1.82) is 0 Å². The number of unbranched alkanes of at least 4 members (excludes halogenated alkanes) is 1. The minimum Gasteiger partial charge on any atom is -0.435 e. The second-order valence-corrected chi connectivity index (χ2v) is 5.28. The SMILES string of the molecule is CCCCc1ccc(/C=N/N=C/c2ccc(OC(F)F)cc2)cc1. The van der Waals surface area contributed by atoms with E-state index in [1.165, 1.54) is 30.5 Å². The highest BCUT2D eigenvalue weighted by Crippen LogP contribution is 2.14. The minimum absolute atomic E-state index is 0.119. The molecule has 2 aromatic rings. The van der Waals surface area contributed by atoms with Gasteiger partial charge in [-0.1, -0.05) is 37.6 Å². The van der Waals surface area contributed by atoms with E-state index in [-0.39, 0.29) is 5.75 Å². The number of rotatable bonds is 8. The average molecular weight is 330 g/mol. The van der Waals surface area contributed by atoms with E-state index in [9.17, 15) is 8.78 Å². The summed E-state index contributed by atoms with van der Waals surface area (Å²) in [5, 5.41) is 7.95. The number of alkyl halides is 2. The third kappa shape index (κ3) is 6.28. The quantitative estimate of drug-likeness (QED) is 0.491. The molecule has 0 heterocycles. The van der Waals surface area contributed by atoms with Crippen molar-refractivity contribution in [3.05, 3.63) is 65.2 Å². The number of hydrogen-bond donors (Lipinski definition) is 0. The number of hydrogen-bond acceptors (Lipinski definition) is 3. The van der Waals surface area contributed by atoms with Crippen LogP contribution >= 0.6 is 0 Å². The summed E-state index contributed by atoms with van der Waals surface area (Å²) in [5.41, 5.74) is 3.06.